The zero-order valence-electron chi connectivity index (χ0n) is 23.4. The average Bonchev–Trinajstić information content (AvgIpc) is 3.29. The first kappa shape index (κ1) is 28.1. The molecule has 1 aliphatic rings. The van der Waals surface area contributed by atoms with Crippen molar-refractivity contribution in [3.8, 4) is 23.6 Å². The molecule has 13 heteroatoms. The molecule has 1 amide bonds. The van der Waals surface area contributed by atoms with Crippen molar-refractivity contribution >= 4 is 11.6 Å². The van der Waals surface area contributed by atoms with E-state index in [1.54, 1.807) is 10.6 Å². The molecule has 1 aliphatic carbocycles. The predicted molar refractivity (Wildman–Crippen MR) is 149 cm³/mol. The summed E-state index contributed by atoms with van der Waals surface area (Å²) >= 11 is 0. The Morgan fingerprint density at radius 2 is 1.98 bits per heavy atom. The summed E-state index contributed by atoms with van der Waals surface area (Å²) in [5.41, 5.74) is 2.96. The Labute approximate surface area is 244 Å². The van der Waals surface area contributed by atoms with Gasteiger partial charge in [-0.05, 0) is 49.3 Å². The fraction of sp³-hybridized carbons (Fsp3) is 0.333. The van der Waals surface area contributed by atoms with Gasteiger partial charge in [0.15, 0.2) is 17.2 Å². The first-order valence-electron chi connectivity index (χ1n) is 13.7. The van der Waals surface area contributed by atoms with Gasteiger partial charge >= 0.3 is 6.18 Å². The van der Waals surface area contributed by atoms with Crippen LogP contribution in [0.2, 0.25) is 0 Å². The maximum atomic E-state index is 14.1. The summed E-state index contributed by atoms with van der Waals surface area (Å²) in [5.74, 6) is 3.42. The topological polar surface area (TPSA) is 116 Å². The molecule has 43 heavy (non-hydrogen) atoms. The normalized spacial score (nSPS) is 13.4. The number of carbonyl (C=O) groups is 1. The molecule has 0 unspecified atom stereocenters. The van der Waals surface area contributed by atoms with Crippen molar-refractivity contribution in [1.29, 1.82) is 0 Å². The van der Waals surface area contributed by atoms with Gasteiger partial charge in [0.2, 0.25) is 5.89 Å². The van der Waals surface area contributed by atoms with Gasteiger partial charge in [-0.15, -0.1) is 6.42 Å². The van der Waals surface area contributed by atoms with Gasteiger partial charge < -0.3 is 9.84 Å². The highest BCUT2D eigenvalue weighted by Crippen LogP contribution is 2.37. The number of benzene rings is 1. The number of hydrogen-bond donors (Lipinski definition) is 1. The van der Waals surface area contributed by atoms with Crippen LogP contribution in [0.15, 0.2) is 41.4 Å². The SMILES string of the molecule is C#CCNC(=O)c1c(C)cc(Cc2nccn3c(-c4cn(Cc5nc(CC6CC6)no5)nc4C(F)(F)F)cnc23)cc1C. The number of carbonyl (C=O) groups excluding carboxylic acids is 1. The van der Waals surface area contributed by atoms with Crippen LogP contribution in [0.5, 0.6) is 0 Å². The molecule has 4 heterocycles. The van der Waals surface area contributed by atoms with Crippen molar-refractivity contribution in [3.63, 3.8) is 0 Å². The number of nitrogens with zero attached hydrogens (tertiary/aromatic N) is 7. The number of alkyl halides is 3. The largest absolute Gasteiger partial charge is 0.435 e. The van der Waals surface area contributed by atoms with E-state index in [1.165, 1.54) is 18.6 Å². The highest BCUT2D eigenvalue weighted by molar-refractivity contribution is 5.97. The number of halogens is 3. The summed E-state index contributed by atoms with van der Waals surface area (Å²) in [5, 5.41) is 10.5. The smallest absolute Gasteiger partial charge is 0.341 e. The molecule has 1 saturated carbocycles. The first-order valence-corrected chi connectivity index (χ1v) is 13.7. The molecular formula is C30H27F3N8O2. The fourth-order valence-corrected chi connectivity index (χ4v) is 5.28. The van der Waals surface area contributed by atoms with Crippen LogP contribution in [0.4, 0.5) is 13.2 Å². The lowest BCUT2D eigenvalue weighted by Crippen LogP contribution is -2.25. The molecule has 0 saturated heterocycles. The Morgan fingerprint density at radius 1 is 1.21 bits per heavy atom. The second-order valence-electron chi connectivity index (χ2n) is 10.7. The molecule has 1 fully saturated rings. The molecular weight excluding hydrogens is 561 g/mol. The molecule has 1 aromatic carbocycles. The number of nitrogens with one attached hydrogen (secondary N) is 1. The van der Waals surface area contributed by atoms with Crippen LogP contribution in [0.1, 0.15) is 63.0 Å². The summed E-state index contributed by atoms with van der Waals surface area (Å²) in [6, 6.07) is 3.76. The first-order chi connectivity index (χ1) is 20.6. The van der Waals surface area contributed by atoms with Crippen LogP contribution in [0.25, 0.3) is 16.9 Å². The van der Waals surface area contributed by atoms with Crippen molar-refractivity contribution in [2.45, 2.75) is 52.3 Å². The van der Waals surface area contributed by atoms with Crippen LogP contribution in [0.3, 0.4) is 0 Å². The number of fused-ring (bicyclic) bond motifs is 1. The molecule has 0 aliphatic heterocycles. The summed E-state index contributed by atoms with van der Waals surface area (Å²) in [6.45, 7) is 3.70. The summed E-state index contributed by atoms with van der Waals surface area (Å²) in [7, 11) is 0. The molecule has 0 bridgehead atoms. The van der Waals surface area contributed by atoms with Crippen LogP contribution >= 0.6 is 0 Å². The summed E-state index contributed by atoms with van der Waals surface area (Å²) in [6.07, 6.45) is 9.61. The van der Waals surface area contributed by atoms with E-state index in [2.05, 4.69) is 36.4 Å². The minimum atomic E-state index is -4.71. The maximum Gasteiger partial charge on any atom is 0.435 e. The molecule has 0 spiro atoms. The van der Waals surface area contributed by atoms with Gasteiger partial charge in [-0.3, -0.25) is 18.9 Å². The van der Waals surface area contributed by atoms with Gasteiger partial charge in [0, 0.05) is 37.0 Å². The van der Waals surface area contributed by atoms with E-state index in [0.717, 1.165) is 34.2 Å². The fourth-order valence-electron chi connectivity index (χ4n) is 5.28. The molecule has 4 aromatic heterocycles. The minimum absolute atomic E-state index is 0.0975. The van der Waals surface area contributed by atoms with Crippen molar-refractivity contribution in [3.05, 3.63) is 82.3 Å². The Balaban J connectivity index is 1.30. The van der Waals surface area contributed by atoms with E-state index in [1.807, 2.05) is 26.0 Å². The van der Waals surface area contributed by atoms with Gasteiger partial charge in [-0.25, -0.2) is 4.98 Å². The van der Waals surface area contributed by atoms with Crippen molar-refractivity contribution in [1.82, 2.24) is 39.6 Å². The standard InChI is InChI=1S/C30H27F3N8O2/c1-4-7-35-29(42)26-17(2)10-20(11-18(26)3)12-22-28-36-14-23(41(28)9-8-34-22)21-15-40(38-27(21)30(31,32)33)16-25-37-24(39-43-25)13-19-5-6-19/h1,8-11,14-15,19H,5-7,12-13,16H2,2-3H3,(H,35,42). The third-order valence-corrected chi connectivity index (χ3v) is 7.32. The molecule has 5 aromatic rings. The lowest BCUT2D eigenvalue weighted by molar-refractivity contribution is -0.141. The Morgan fingerprint density at radius 3 is 2.67 bits per heavy atom. The van der Waals surface area contributed by atoms with E-state index in [0.29, 0.717) is 41.5 Å². The molecule has 0 atom stereocenters. The summed E-state index contributed by atoms with van der Waals surface area (Å²) in [4.78, 5) is 25.8. The number of amides is 1. The van der Waals surface area contributed by atoms with Gasteiger partial charge in [-0.2, -0.15) is 23.3 Å². The molecule has 220 valence electrons. The zero-order chi connectivity index (χ0) is 30.3. The van der Waals surface area contributed by atoms with Crippen molar-refractivity contribution < 1.29 is 22.5 Å². The van der Waals surface area contributed by atoms with E-state index in [4.69, 9.17) is 10.9 Å². The lowest BCUT2D eigenvalue weighted by atomic mass is 9.96. The number of rotatable bonds is 9. The average molecular weight is 589 g/mol. The van der Waals surface area contributed by atoms with E-state index in [9.17, 15) is 18.0 Å². The minimum Gasteiger partial charge on any atom is -0.341 e. The second kappa shape index (κ2) is 11.0. The summed E-state index contributed by atoms with van der Waals surface area (Å²) < 4.78 is 50.4. The molecule has 6 rings (SSSR count). The van der Waals surface area contributed by atoms with E-state index in [-0.39, 0.29) is 36.1 Å². The second-order valence-corrected chi connectivity index (χ2v) is 10.7. The third kappa shape index (κ3) is 5.86. The Bertz CT molecular complexity index is 1850. The van der Waals surface area contributed by atoms with Gasteiger partial charge in [0.1, 0.15) is 6.54 Å². The van der Waals surface area contributed by atoms with E-state index >= 15 is 0 Å². The van der Waals surface area contributed by atoms with Crippen molar-refractivity contribution in [2.24, 2.45) is 5.92 Å². The van der Waals surface area contributed by atoms with E-state index < -0.39 is 11.9 Å². The van der Waals surface area contributed by atoms with Gasteiger partial charge in [-0.1, -0.05) is 23.2 Å². The van der Waals surface area contributed by atoms with Crippen LogP contribution in [-0.4, -0.2) is 46.7 Å². The Hall–Kier alpha value is -4.99. The molecule has 0 radical (unpaired) electrons. The highest BCUT2D eigenvalue weighted by atomic mass is 19.4. The predicted octanol–water partition coefficient (Wildman–Crippen LogP) is 4.57. The van der Waals surface area contributed by atoms with Crippen molar-refractivity contribution in [2.75, 3.05) is 6.54 Å². The zero-order valence-corrected chi connectivity index (χ0v) is 23.4. The van der Waals surface area contributed by atoms with Gasteiger partial charge in [0.25, 0.3) is 5.91 Å². The number of aromatic nitrogens is 7. The quantitative estimate of drug-likeness (QED) is 0.251. The Kier molecular flexibility index (Phi) is 7.21. The third-order valence-electron chi connectivity index (χ3n) is 7.32. The molecule has 10 nitrogen and oxygen atoms in total. The van der Waals surface area contributed by atoms with Crippen LogP contribution in [0, 0.1) is 32.1 Å². The molecule has 1 N–H and O–H groups in total. The maximum absolute atomic E-state index is 14.1. The van der Waals surface area contributed by atoms with Crippen LogP contribution < -0.4 is 5.32 Å². The van der Waals surface area contributed by atoms with Gasteiger partial charge in [0.05, 0.1) is 29.7 Å². The number of hydrogen-bond acceptors (Lipinski definition) is 7. The number of imidazole rings is 1. The number of terminal acetylenes is 1. The highest BCUT2D eigenvalue weighted by Gasteiger charge is 2.38. The number of aryl methyl sites for hydroxylation is 2. The van der Waals surface area contributed by atoms with Crippen LogP contribution in [-0.2, 0) is 25.6 Å². The lowest BCUT2D eigenvalue weighted by Gasteiger charge is -2.12. The monoisotopic (exact) mass is 588 g/mol.